The Labute approximate surface area is 179 Å². The highest BCUT2D eigenvalue weighted by Gasteiger charge is 2.17. The van der Waals surface area contributed by atoms with Crippen molar-refractivity contribution in [3.05, 3.63) is 58.8 Å². The third-order valence-corrected chi connectivity index (χ3v) is 5.60. The standard InChI is InChI=1S/C21H24N4O4S/c1-5-25-19(11-22-20(27)17-7-6-8-29-17)23-24-21(25)30-12-16(26)15-9-14(3)18(28-4)10-13(15)2/h6-10H,5,11-12H2,1-4H3,(H,22,27). The number of hydrogen-bond acceptors (Lipinski definition) is 7. The molecule has 0 bridgehead atoms. The molecule has 1 N–H and O–H groups in total. The third kappa shape index (κ3) is 4.73. The number of ether oxygens (including phenoxy) is 1. The largest absolute Gasteiger partial charge is 0.496 e. The van der Waals surface area contributed by atoms with E-state index in [1.807, 2.05) is 37.5 Å². The Kier molecular flexibility index (Phi) is 6.94. The molecule has 0 fully saturated rings. The predicted molar refractivity (Wildman–Crippen MR) is 113 cm³/mol. The van der Waals surface area contributed by atoms with E-state index in [0.717, 1.165) is 16.9 Å². The first kappa shape index (κ1) is 21.6. The second-order valence-corrected chi connectivity index (χ2v) is 7.59. The molecule has 30 heavy (non-hydrogen) atoms. The van der Waals surface area contributed by atoms with Crippen LogP contribution in [0, 0.1) is 13.8 Å². The molecule has 3 rings (SSSR count). The molecule has 2 heterocycles. The summed E-state index contributed by atoms with van der Waals surface area (Å²) >= 11 is 1.33. The van der Waals surface area contributed by atoms with Crippen LogP contribution in [0.1, 0.15) is 44.8 Å². The molecule has 158 valence electrons. The molecule has 9 heteroatoms. The number of aryl methyl sites for hydroxylation is 2. The van der Waals surface area contributed by atoms with Gasteiger partial charge in [0.25, 0.3) is 5.91 Å². The van der Waals surface area contributed by atoms with Crippen LogP contribution in [0.5, 0.6) is 5.75 Å². The van der Waals surface area contributed by atoms with Gasteiger partial charge < -0.3 is 19.0 Å². The summed E-state index contributed by atoms with van der Waals surface area (Å²) in [6.07, 6.45) is 1.45. The fourth-order valence-corrected chi connectivity index (χ4v) is 3.95. The second kappa shape index (κ2) is 9.62. The minimum Gasteiger partial charge on any atom is -0.496 e. The van der Waals surface area contributed by atoms with Crippen molar-refractivity contribution >= 4 is 23.5 Å². The molecule has 0 atom stereocenters. The van der Waals surface area contributed by atoms with E-state index >= 15 is 0 Å². The van der Waals surface area contributed by atoms with Crippen LogP contribution in [0.2, 0.25) is 0 Å². The average Bonchev–Trinajstić information content (AvgIpc) is 3.41. The van der Waals surface area contributed by atoms with Crippen molar-refractivity contribution in [2.75, 3.05) is 12.9 Å². The summed E-state index contributed by atoms with van der Waals surface area (Å²) in [5.41, 5.74) is 2.47. The van der Waals surface area contributed by atoms with Gasteiger partial charge in [-0.25, -0.2) is 0 Å². The first-order valence-corrected chi connectivity index (χ1v) is 10.5. The van der Waals surface area contributed by atoms with E-state index in [9.17, 15) is 9.59 Å². The summed E-state index contributed by atoms with van der Waals surface area (Å²) in [4.78, 5) is 24.8. The van der Waals surface area contributed by atoms with E-state index in [4.69, 9.17) is 9.15 Å². The number of carbonyl (C=O) groups excluding carboxylic acids is 2. The molecule has 0 aliphatic heterocycles. The van der Waals surface area contributed by atoms with Gasteiger partial charge >= 0.3 is 0 Å². The van der Waals surface area contributed by atoms with Crippen LogP contribution in [0.25, 0.3) is 0 Å². The summed E-state index contributed by atoms with van der Waals surface area (Å²) in [6.45, 7) is 6.61. The highest BCUT2D eigenvalue weighted by Crippen LogP contribution is 2.25. The number of nitrogens with one attached hydrogen (secondary N) is 1. The Morgan fingerprint density at radius 3 is 2.70 bits per heavy atom. The van der Waals surface area contributed by atoms with Crippen molar-refractivity contribution in [1.82, 2.24) is 20.1 Å². The summed E-state index contributed by atoms with van der Waals surface area (Å²) in [6, 6.07) is 6.98. The Bertz CT molecular complexity index is 1040. The number of methoxy groups -OCH3 is 1. The zero-order chi connectivity index (χ0) is 21.7. The SMILES string of the molecule is CCn1c(CNC(=O)c2ccco2)nnc1SCC(=O)c1cc(C)c(OC)cc1C. The summed E-state index contributed by atoms with van der Waals surface area (Å²) in [5, 5.41) is 11.7. The van der Waals surface area contributed by atoms with Gasteiger partial charge in [-0.05, 0) is 56.2 Å². The van der Waals surface area contributed by atoms with Crippen LogP contribution >= 0.6 is 11.8 Å². The number of aromatic nitrogens is 3. The molecule has 8 nitrogen and oxygen atoms in total. The lowest BCUT2D eigenvalue weighted by Gasteiger charge is -2.11. The van der Waals surface area contributed by atoms with E-state index < -0.39 is 0 Å². The first-order valence-electron chi connectivity index (χ1n) is 9.49. The molecular weight excluding hydrogens is 404 g/mol. The molecule has 0 spiro atoms. The normalized spacial score (nSPS) is 10.8. The van der Waals surface area contributed by atoms with Gasteiger partial charge in [-0.3, -0.25) is 9.59 Å². The second-order valence-electron chi connectivity index (χ2n) is 6.65. The van der Waals surface area contributed by atoms with Crippen molar-refractivity contribution in [2.24, 2.45) is 0 Å². The zero-order valence-electron chi connectivity index (χ0n) is 17.4. The topological polar surface area (TPSA) is 99.3 Å². The highest BCUT2D eigenvalue weighted by atomic mass is 32.2. The number of ketones is 1. The third-order valence-electron chi connectivity index (χ3n) is 4.64. The van der Waals surface area contributed by atoms with Gasteiger partial charge in [-0.15, -0.1) is 10.2 Å². The van der Waals surface area contributed by atoms with Crippen molar-refractivity contribution in [3.8, 4) is 5.75 Å². The van der Waals surface area contributed by atoms with Gasteiger partial charge in [-0.2, -0.15) is 0 Å². The van der Waals surface area contributed by atoms with Gasteiger partial charge in [0.15, 0.2) is 22.5 Å². The molecule has 0 unspecified atom stereocenters. The summed E-state index contributed by atoms with van der Waals surface area (Å²) < 4.78 is 12.3. The van der Waals surface area contributed by atoms with Gasteiger partial charge in [-0.1, -0.05) is 11.8 Å². The van der Waals surface area contributed by atoms with E-state index in [-0.39, 0.29) is 29.7 Å². The average molecular weight is 429 g/mol. The van der Waals surface area contributed by atoms with Crippen molar-refractivity contribution in [1.29, 1.82) is 0 Å². The minimum atomic E-state index is -0.319. The maximum absolute atomic E-state index is 12.8. The van der Waals surface area contributed by atoms with Crippen LogP contribution in [-0.4, -0.2) is 39.3 Å². The zero-order valence-corrected chi connectivity index (χ0v) is 18.2. The minimum absolute atomic E-state index is 0.0154. The molecule has 0 aliphatic rings. The fourth-order valence-electron chi connectivity index (χ4n) is 3.05. The van der Waals surface area contributed by atoms with Crippen LogP contribution in [0.3, 0.4) is 0 Å². The number of Topliss-reactive ketones (excluding diaryl/α,β-unsaturated/α-hetero) is 1. The number of thioether (sulfide) groups is 1. The smallest absolute Gasteiger partial charge is 0.287 e. The lowest BCUT2D eigenvalue weighted by atomic mass is 10.0. The fraction of sp³-hybridized carbons (Fsp3) is 0.333. The Morgan fingerprint density at radius 1 is 1.23 bits per heavy atom. The molecule has 1 amide bonds. The Hall–Kier alpha value is -3.07. The van der Waals surface area contributed by atoms with Gasteiger partial charge in [0.1, 0.15) is 5.75 Å². The Morgan fingerprint density at radius 2 is 2.03 bits per heavy atom. The maximum Gasteiger partial charge on any atom is 0.287 e. The number of hydrogen-bond donors (Lipinski definition) is 1. The number of nitrogens with zero attached hydrogens (tertiary/aromatic N) is 3. The Balaban J connectivity index is 1.65. The number of rotatable bonds is 9. The van der Waals surface area contributed by atoms with E-state index in [1.165, 1.54) is 18.0 Å². The van der Waals surface area contributed by atoms with Crippen molar-refractivity contribution in [2.45, 2.75) is 39.0 Å². The van der Waals surface area contributed by atoms with Crippen molar-refractivity contribution < 1.29 is 18.7 Å². The number of benzene rings is 1. The first-order chi connectivity index (χ1) is 14.4. The van der Waals surface area contributed by atoms with E-state index in [0.29, 0.717) is 23.1 Å². The molecular formula is C21H24N4O4S. The molecule has 1 aromatic carbocycles. The van der Waals surface area contributed by atoms with E-state index in [2.05, 4.69) is 15.5 Å². The molecule has 2 aromatic heterocycles. The lowest BCUT2D eigenvalue weighted by molar-refractivity contribution is 0.0921. The maximum atomic E-state index is 12.8. The van der Waals surface area contributed by atoms with E-state index in [1.54, 1.807) is 19.2 Å². The summed E-state index contributed by atoms with van der Waals surface area (Å²) in [7, 11) is 1.62. The number of carbonyl (C=O) groups is 2. The van der Waals surface area contributed by atoms with Gasteiger partial charge in [0.2, 0.25) is 0 Å². The molecule has 0 saturated carbocycles. The molecule has 3 aromatic rings. The summed E-state index contributed by atoms with van der Waals surface area (Å²) in [5.74, 6) is 1.56. The van der Waals surface area contributed by atoms with Gasteiger partial charge in [0.05, 0.1) is 25.7 Å². The number of furan rings is 1. The number of amides is 1. The predicted octanol–water partition coefficient (Wildman–Crippen LogP) is 3.42. The monoisotopic (exact) mass is 428 g/mol. The van der Waals surface area contributed by atoms with Crippen molar-refractivity contribution in [3.63, 3.8) is 0 Å². The quantitative estimate of drug-likeness (QED) is 0.412. The van der Waals surface area contributed by atoms with Crippen LogP contribution < -0.4 is 10.1 Å². The van der Waals surface area contributed by atoms with Crippen LogP contribution in [0.15, 0.2) is 40.1 Å². The molecule has 0 saturated heterocycles. The van der Waals surface area contributed by atoms with Gasteiger partial charge in [0, 0.05) is 12.1 Å². The lowest BCUT2D eigenvalue weighted by Crippen LogP contribution is -2.24. The molecule has 0 aliphatic carbocycles. The van der Waals surface area contributed by atoms with Crippen LogP contribution in [-0.2, 0) is 13.1 Å². The highest BCUT2D eigenvalue weighted by molar-refractivity contribution is 7.99. The van der Waals surface area contributed by atoms with Crippen LogP contribution in [0.4, 0.5) is 0 Å². The molecule has 0 radical (unpaired) electrons.